The molecule has 0 unspecified atom stereocenters. The van der Waals surface area contributed by atoms with Crippen LogP contribution < -0.4 is 10.2 Å². The minimum absolute atomic E-state index is 0.149. The summed E-state index contributed by atoms with van der Waals surface area (Å²) in [6, 6.07) is 6.48. The first kappa shape index (κ1) is 23.2. The molecule has 1 saturated heterocycles. The molecule has 170 valence electrons. The summed E-state index contributed by atoms with van der Waals surface area (Å²) in [7, 11) is -3.66. The maximum atomic E-state index is 13.0. The zero-order valence-electron chi connectivity index (χ0n) is 18.6. The number of aryl methyl sites for hydroxylation is 1. The normalized spacial score (nSPS) is 15.5. The van der Waals surface area contributed by atoms with E-state index in [9.17, 15) is 13.2 Å². The lowest BCUT2D eigenvalue weighted by Gasteiger charge is -2.36. The number of carbonyl (C=O) groups is 1. The number of benzene rings is 1. The third kappa shape index (κ3) is 5.08. The van der Waals surface area contributed by atoms with Crippen LogP contribution in [0.1, 0.15) is 37.0 Å². The highest BCUT2D eigenvalue weighted by Gasteiger charge is 2.26. The first-order chi connectivity index (χ1) is 14.8. The number of piperazine rings is 1. The predicted molar refractivity (Wildman–Crippen MR) is 120 cm³/mol. The van der Waals surface area contributed by atoms with Gasteiger partial charge in [0.25, 0.3) is 5.91 Å². The lowest BCUT2D eigenvalue weighted by molar-refractivity contribution is 0.101. The van der Waals surface area contributed by atoms with E-state index >= 15 is 0 Å². The Hall–Kier alpha value is -2.43. The molecule has 3 rings (SSSR count). The summed E-state index contributed by atoms with van der Waals surface area (Å²) in [4.78, 5) is 17.4. The van der Waals surface area contributed by atoms with Crippen molar-refractivity contribution in [3.63, 3.8) is 0 Å². The zero-order valence-corrected chi connectivity index (χ0v) is 19.4. The Bertz CT molecular complexity index is 1010. The van der Waals surface area contributed by atoms with Crippen LogP contribution in [0.3, 0.4) is 0 Å². The molecule has 0 saturated carbocycles. The molecule has 1 aliphatic heterocycles. The van der Waals surface area contributed by atoms with Crippen LogP contribution in [-0.4, -0.2) is 74.5 Å². The Kier molecular flexibility index (Phi) is 7.34. The highest BCUT2D eigenvalue weighted by atomic mass is 32.2. The molecule has 0 atom stereocenters. The van der Waals surface area contributed by atoms with Crippen LogP contribution in [0.2, 0.25) is 0 Å². The molecule has 1 aromatic carbocycles. The Morgan fingerprint density at radius 2 is 1.81 bits per heavy atom. The van der Waals surface area contributed by atoms with Crippen LogP contribution >= 0.6 is 0 Å². The first-order valence-electron chi connectivity index (χ1n) is 10.7. The van der Waals surface area contributed by atoms with Gasteiger partial charge in [0.2, 0.25) is 10.0 Å². The summed E-state index contributed by atoms with van der Waals surface area (Å²) in [6.07, 6.45) is 0. The Labute approximate surface area is 184 Å². The van der Waals surface area contributed by atoms with Crippen molar-refractivity contribution in [2.45, 2.75) is 32.6 Å². The molecule has 1 aliphatic rings. The second-order valence-corrected chi connectivity index (χ2v) is 9.40. The van der Waals surface area contributed by atoms with Crippen molar-refractivity contribution in [1.82, 2.24) is 14.4 Å². The number of anilines is 2. The van der Waals surface area contributed by atoms with Gasteiger partial charge in [-0.1, -0.05) is 25.9 Å². The maximum absolute atomic E-state index is 13.0. The average molecular weight is 450 g/mol. The number of amides is 1. The number of carbonyl (C=O) groups excluding carboxylic acids is 1. The topological polar surface area (TPSA) is 99.0 Å². The number of rotatable bonds is 8. The minimum atomic E-state index is -3.66. The maximum Gasteiger partial charge on any atom is 0.277 e. The highest BCUT2D eigenvalue weighted by molar-refractivity contribution is 7.89. The summed E-state index contributed by atoms with van der Waals surface area (Å²) < 4.78 is 32.5. The van der Waals surface area contributed by atoms with E-state index in [4.69, 9.17) is 4.52 Å². The van der Waals surface area contributed by atoms with Crippen molar-refractivity contribution >= 4 is 27.3 Å². The van der Waals surface area contributed by atoms with Crippen LogP contribution in [0, 0.1) is 6.92 Å². The second kappa shape index (κ2) is 9.80. The Balaban J connectivity index is 1.97. The molecule has 1 N–H and O–H groups in total. The molecule has 10 heteroatoms. The van der Waals surface area contributed by atoms with Crippen molar-refractivity contribution < 1.29 is 17.7 Å². The third-order valence-electron chi connectivity index (χ3n) is 5.58. The van der Waals surface area contributed by atoms with Crippen LogP contribution in [0.5, 0.6) is 0 Å². The molecule has 1 aromatic heterocycles. The number of aromatic nitrogens is 1. The van der Waals surface area contributed by atoms with E-state index < -0.39 is 15.9 Å². The SMILES string of the molecule is CCN1CCN(c2ccc(S(=O)(=O)N(CC)CC)cc2NC(=O)c2cc(C)on2)CC1. The summed E-state index contributed by atoms with van der Waals surface area (Å²) in [5.74, 6) is 0.0848. The fourth-order valence-electron chi connectivity index (χ4n) is 3.73. The van der Waals surface area contributed by atoms with Gasteiger partial charge in [-0.05, 0) is 31.7 Å². The van der Waals surface area contributed by atoms with Crippen LogP contribution in [0.25, 0.3) is 0 Å². The van der Waals surface area contributed by atoms with E-state index in [0.29, 0.717) is 24.5 Å². The van der Waals surface area contributed by atoms with Gasteiger partial charge in [0, 0.05) is 45.3 Å². The molecule has 2 aromatic rings. The Morgan fingerprint density at radius 1 is 1.13 bits per heavy atom. The van der Waals surface area contributed by atoms with E-state index in [2.05, 4.69) is 27.2 Å². The Morgan fingerprint density at radius 3 is 2.35 bits per heavy atom. The van der Waals surface area contributed by atoms with E-state index in [-0.39, 0.29) is 10.6 Å². The van der Waals surface area contributed by atoms with Crippen molar-refractivity contribution in [3.8, 4) is 0 Å². The number of sulfonamides is 1. The second-order valence-electron chi connectivity index (χ2n) is 7.47. The van der Waals surface area contributed by atoms with Crippen molar-refractivity contribution in [3.05, 3.63) is 35.7 Å². The number of hydrogen-bond donors (Lipinski definition) is 1. The van der Waals surface area contributed by atoms with Gasteiger partial charge in [0.15, 0.2) is 5.69 Å². The quantitative estimate of drug-likeness (QED) is 0.661. The van der Waals surface area contributed by atoms with Crippen LogP contribution in [0.4, 0.5) is 11.4 Å². The third-order valence-corrected chi connectivity index (χ3v) is 7.63. The molecule has 0 radical (unpaired) electrons. The largest absolute Gasteiger partial charge is 0.367 e. The molecule has 0 spiro atoms. The fraction of sp³-hybridized carbons (Fsp3) is 0.524. The van der Waals surface area contributed by atoms with Gasteiger partial charge in [0.1, 0.15) is 5.76 Å². The number of hydrogen-bond acceptors (Lipinski definition) is 7. The summed E-state index contributed by atoms with van der Waals surface area (Å²) in [6.45, 7) is 12.6. The molecule has 0 aliphatic carbocycles. The lowest BCUT2D eigenvalue weighted by atomic mass is 10.2. The van der Waals surface area contributed by atoms with Gasteiger partial charge in [0.05, 0.1) is 16.3 Å². The van der Waals surface area contributed by atoms with Crippen molar-refractivity contribution in [2.75, 3.05) is 56.0 Å². The van der Waals surface area contributed by atoms with Gasteiger partial charge in [-0.2, -0.15) is 4.31 Å². The standard InChI is InChI=1S/C21H31N5O4S/c1-5-24-10-12-25(13-11-24)20-9-8-17(31(28,29)26(6-2)7-3)15-18(20)22-21(27)19-14-16(4)30-23-19/h8-9,14-15H,5-7,10-13H2,1-4H3,(H,22,27). The summed E-state index contributed by atoms with van der Waals surface area (Å²) in [5, 5.41) is 6.62. The van der Waals surface area contributed by atoms with Crippen molar-refractivity contribution in [2.24, 2.45) is 0 Å². The molecule has 31 heavy (non-hydrogen) atoms. The lowest BCUT2D eigenvalue weighted by Crippen LogP contribution is -2.46. The number of nitrogens with zero attached hydrogens (tertiary/aromatic N) is 4. The predicted octanol–water partition coefficient (Wildman–Crippen LogP) is 2.41. The molecule has 2 heterocycles. The van der Waals surface area contributed by atoms with Gasteiger partial charge in [-0.3, -0.25) is 4.79 Å². The molecular formula is C21H31N5O4S. The molecule has 1 fully saturated rings. The smallest absolute Gasteiger partial charge is 0.277 e. The number of likely N-dealkylation sites (N-methyl/N-ethyl adjacent to an activating group) is 1. The van der Waals surface area contributed by atoms with Gasteiger partial charge >= 0.3 is 0 Å². The average Bonchev–Trinajstić information content (AvgIpc) is 3.21. The number of nitrogens with one attached hydrogen (secondary N) is 1. The zero-order chi connectivity index (χ0) is 22.6. The monoisotopic (exact) mass is 449 g/mol. The summed E-state index contributed by atoms with van der Waals surface area (Å²) >= 11 is 0. The van der Waals surface area contributed by atoms with E-state index in [1.54, 1.807) is 45.0 Å². The van der Waals surface area contributed by atoms with E-state index in [1.165, 1.54) is 4.31 Å². The molecule has 1 amide bonds. The van der Waals surface area contributed by atoms with Crippen molar-refractivity contribution in [1.29, 1.82) is 0 Å². The van der Waals surface area contributed by atoms with E-state index in [1.807, 2.05) is 0 Å². The molecule has 0 bridgehead atoms. The highest BCUT2D eigenvalue weighted by Crippen LogP contribution is 2.31. The van der Waals surface area contributed by atoms with Crippen LogP contribution in [0.15, 0.2) is 33.7 Å². The fourth-order valence-corrected chi connectivity index (χ4v) is 5.21. The molecular weight excluding hydrogens is 418 g/mol. The van der Waals surface area contributed by atoms with E-state index in [0.717, 1.165) is 38.4 Å². The van der Waals surface area contributed by atoms with Gasteiger partial charge in [-0.25, -0.2) is 8.42 Å². The molecule has 9 nitrogen and oxygen atoms in total. The summed E-state index contributed by atoms with van der Waals surface area (Å²) in [5.41, 5.74) is 1.39. The minimum Gasteiger partial charge on any atom is -0.367 e. The van der Waals surface area contributed by atoms with Gasteiger partial charge in [-0.15, -0.1) is 0 Å². The van der Waals surface area contributed by atoms with Gasteiger partial charge < -0.3 is 19.6 Å². The first-order valence-corrected chi connectivity index (χ1v) is 12.1. The van der Waals surface area contributed by atoms with Crippen LogP contribution in [-0.2, 0) is 10.0 Å².